The van der Waals surface area contributed by atoms with Gasteiger partial charge in [0, 0.05) is 11.3 Å². The van der Waals surface area contributed by atoms with E-state index in [1.54, 1.807) is 19.1 Å². The molecule has 0 spiro atoms. The highest BCUT2D eigenvalue weighted by atomic mass is 32.2. The highest BCUT2D eigenvalue weighted by Gasteiger charge is 2.21. The van der Waals surface area contributed by atoms with Crippen LogP contribution in [0, 0.1) is 12.7 Å². The van der Waals surface area contributed by atoms with Crippen molar-refractivity contribution >= 4 is 15.7 Å². The number of halogens is 1. The average molecular weight is 298 g/mol. The molecule has 1 aromatic carbocycles. The van der Waals surface area contributed by atoms with Gasteiger partial charge in [-0.05, 0) is 38.1 Å². The molecular weight excluding hydrogens is 283 g/mol. The number of anilines is 1. The Bertz CT molecular complexity index is 688. The van der Waals surface area contributed by atoms with Crippen LogP contribution in [0.15, 0.2) is 39.8 Å². The normalized spacial score (nSPS) is 13.3. The molecule has 1 unspecified atom stereocenters. The average Bonchev–Trinajstić information content (AvgIpc) is 2.88. The molecule has 108 valence electrons. The fourth-order valence-corrected chi connectivity index (χ4v) is 2.98. The van der Waals surface area contributed by atoms with E-state index < -0.39 is 21.9 Å². The van der Waals surface area contributed by atoms with Crippen molar-refractivity contribution in [2.24, 2.45) is 0 Å². The van der Waals surface area contributed by atoms with Crippen LogP contribution in [0.2, 0.25) is 0 Å². The van der Waals surface area contributed by atoms with E-state index in [4.69, 9.17) is 10.2 Å². The maximum absolute atomic E-state index is 13.6. The molecule has 0 bridgehead atoms. The third-order valence-electron chi connectivity index (χ3n) is 2.97. The standard InChI is InChI=1S/C13H15FN2O3S/c1-8-11(14)6-10(7-12(8)15)20(17,18)16-9(2)13-4-3-5-19-13/h3-7,9,16H,15H2,1-2H3. The van der Waals surface area contributed by atoms with Gasteiger partial charge in [-0.1, -0.05) is 0 Å². The van der Waals surface area contributed by atoms with Gasteiger partial charge in [0.15, 0.2) is 0 Å². The molecule has 1 aromatic heterocycles. The van der Waals surface area contributed by atoms with Crippen LogP contribution in [-0.4, -0.2) is 8.42 Å². The molecule has 0 saturated heterocycles. The smallest absolute Gasteiger partial charge is 0.241 e. The number of nitrogen functional groups attached to an aromatic ring is 1. The van der Waals surface area contributed by atoms with E-state index in [0.29, 0.717) is 5.76 Å². The fraction of sp³-hybridized carbons (Fsp3) is 0.231. The summed E-state index contributed by atoms with van der Waals surface area (Å²) in [5.74, 6) is -0.190. The Morgan fingerprint density at radius 1 is 1.40 bits per heavy atom. The molecule has 2 aromatic rings. The van der Waals surface area contributed by atoms with Crippen LogP contribution in [0.3, 0.4) is 0 Å². The summed E-state index contributed by atoms with van der Waals surface area (Å²) in [6.45, 7) is 3.12. The predicted octanol–water partition coefficient (Wildman–Crippen LogP) is 2.35. The molecule has 20 heavy (non-hydrogen) atoms. The van der Waals surface area contributed by atoms with Crippen molar-refractivity contribution in [3.05, 3.63) is 47.7 Å². The molecule has 3 N–H and O–H groups in total. The van der Waals surface area contributed by atoms with Gasteiger partial charge in [0.05, 0.1) is 17.2 Å². The molecule has 0 aliphatic heterocycles. The first-order valence-corrected chi connectivity index (χ1v) is 7.41. The van der Waals surface area contributed by atoms with E-state index in [-0.39, 0.29) is 16.1 Å². The van der Waals surface area contributed by atoms with Crippen LogP contribution in [0.4, 0.5) is 10.1 Å². The van der Waals surface area contributed by atoms with Crippen molar-refractivity contribution in [2.75, 3.05) is 5.73 Å². The first-order chi connectivity index (χ1) is 9.31. The van der Waals surface area contributed by atoms with Gasteiger partial charge in [0.25, 0.3) is 0 Å². The maximum Gasteiger partial charge on any atom is 0.241 e. The van der Waals surface area contributed by atoms with E-state index in [1.165, 1.54) is 19.3 Å². The molecule has 5 nitrogen and oxygen atoms in total. The minimum atomic E-state index is -3.88. The van der Waals surface area contributed by atoms with Gasteiger partial charge in [-0.25, -0.2) is 17.5 Å². The highest BCUT2D eigenvalue weighted by molar-refractivity contribution is 7.89. The van der Waals surface area contributed by atoms with Crippen molar-refractivity contribution in [1.82, 2.24) is 4.72 Å². The highest BCUT2D eigenvalue weighted by Crippen LogP contribution is 2.23. The van der Waals surface area contributed by atoms with Gasteiger partial charge in [-0.3, -0.25) is 0 Å². The van der Waals surface area contributed by atoms with Gasteiger partial charge >= 0.3 is 0 Å². The fourth-order valence-electron chi connectivity index (χ4n) is 1.73. The molecule has 0 aliphatic rings. The van der Waals surface area contributed by atoms with Gasteiger partial charge < -0.3 is 10.2 Å². The lowest BCUT2D eigenvalue weighted by molar-refractivity contribution is 0.459. The van der Waals surface area contributed by atoms with Crippen LogP contribution in [-0.2, 0) is 10.0 Å². The molecular formula is C13H15FN2O3S. The van der Waals surface area contributed by atoms with Crippen LogP contribution in [0.25, 0.3) is 0 Å². The Hall–Kier alpha value is -1.86. The quantitative estimate of drug-likeness (QED) is 0.848. The Morgan fingerprint density at radius 2 is 2.10 bits per heavy atom. The Balaban J connectivity index is 2.31. The zero-order valence-electron chi connectivity index (χ0n) is 11.1. The summed E-state index contributed by atoms with van der Waals surface area (Å²) in [7, 11) is -3.88. The number of rotatable bonds is 4. The number of hydrogen-bond donors (Lipinski definition) is 2. The Labute approximate surface area is 116 Å². The Morgan fingerprint density at radius 3 is 2.65 bits per heavy atom. The third kappa shape index (κ3) is 2.83. The van der Waals surface area contributed by atoms with E-state index in [2.05, 4.69) is 4.72 Å². The first-order valence-electron chi connectivity index (χ1n) is 5.92. The van der Waals surface area contributed by atoms with Crippen molar-refractivity contribution in [3.8, 4) is 0 Å². The summed E-state index contributed by atoms with van der Waals surface area (Å²) >= 11 is 0. The summed E-state index contributed by atoms with van der Waals surface area (Å²) < 4.78 is 45.5. The van der Waals surface area contributed by atoms with Crippen LogP contribution >= 0.6 is 0 Å². The summed E-state index contributed by atoms with van der Waals surface area (Å²) in [5.41, 5.74) is 5.91. The molecule has 1 heterocycles. The van der Waals surface area contributed by atoms with Gasteiger partial charge in [-0.15, -0.1) is 0 Å². The van der Waals surface area contributed by atoms with Crippen molar-refractivity contribution < 1.29 is 17.2 Å². The molecule has 0 aliphatic carbocycles. The Kier molecular flexibility index (Phi) is 3.82. The molecule has 2 rings (SSSR count). The molecule has 0 radical (unpaired) electrons. The second kappa shape index (κ2) is 5.26. The zero-order chi connectivity index (χ0) is 14.9. The van der Waals surface area contributed by atoms with Gasteiger partial charge in [0.1, 0.15) is 11.6 Å². The summed E-state index contributed by atoms with van der Waals surface area (Å²) in [5, 5.41) is 0. The lowest BCUT2D eigenvalue weighted by Gasteiger charge is -2.13. The summed E-state index contributed by atoms with van der Waals surface area (Å²) in [4.78, 5) is -0.212. The SMILES string of the molecule is Cc1c(N)cc(S(=O)(=O)NC(C)c2ccco2)cc1F. The number of benzene rings is 1. The second-order valence-electron chi connectivity index (χ2n) is 4.48. The van der Waals surface area contributed by atoms with Crippen molar-refractivity contribution in [1.29, 1.82) is 0 Å². The summed E-state index contributed by atoms with van der Waals surface area (Å²) in [6, 6.07) is 4.92. The molecule has 1 atom stereocenters. The number of furan rings is 1. The maximum atomic E-state index is 13.6. The summed E-state index contributed by atoms with van der Waals surface area (Å²) in [6.07, 6.45) is 1.45. The number of nitrogens with two attached hydrogens (primary N) is 1. The topological polar surface area (TPSA) is 85.3 Å². The minimum absolute atomic E-state index is 0.0935. The molecule has 7 heteroatoms. The van der Waals surface area contributed by atoms with E-state index in [0.717, 1.165) is 6.07 Å². The third-order valence-corrected chi connectivity index (χ3v) is 4.49. The minimum Gasteiger partial charge on any atom is -0.468 e. The lowest BCUT2D eigenvalue weighted by Crippen LogP contribution is -2.27. The molecule has 0 amide bonds. The van der Waals surface area contributed by atoms with E-state index >= 15 is 0 Å². The van der Waals surface area contributed by atoms with E-state index in [1.807, 2.05) is 0 Å². The zero-order valence-corrected chi connectivity index (χ0v) is 11.9. The second-order valence-corrected chi connectivity index (χ2v) is 6.19. The number of sulfonamides is 1. The van der Waals surface area contributed by atoms with Crippen molar-refractivity contribution in [3.63, 3.8) is 0 Å². The first kappa shape index (κ1) is 14.5. The van der Waals surface area contributed by atoms with Gasteiger partial charge in [-0.2, -0.15) is 0 Å². The molecule has 0 saturated carbocycles. The van der Waals surface area contributed by atoms with E-state index in [9.17, 15) is 12.8 Å². The predicted molar refractivity (Wildman–Crippen MR) is 73.0 cm³/mol. The monoisotopic (exact) mass is 298 g/mol. The van der Waals surface area contributed by atoms with Crippen LogP contribution < -0.4 is 10.5 Å². The number of nitrogens with one attached hydrogen (secondary N) is 1. The van der Waals surface area contributed by atoms with Crippen LogP contribution in [0.1, 0.15) is 24.3 Å². The lowest BCUT2D eigenvalue weighted by atomic mass is 10.2. The van der Waals surface area contributed by atoms with Crippen molar-refractivity contribution in [2.45, 2.75) is 24.8 Å². The van der Waals surface area contributed by atoms with Gasteiger partial charge in [0.2, 0.25) is 10.0 Å². The van der Waals surface area contributed by atoms with Crippen LogP contribution in [0.5, 0.6) is 0 Å². The number of hydrogen-bond acceptors (Lipinski definition) is 4. The molecule has 0 fully saturated rings. The largest absolute Gasteiger partial charge is 0.468 e.